The SMILES string of the molecule is COc1ccc2nc(N3C4COCC3C4)sc2c1C(=O)Nc1cc(C)ccc1C(=O)NC12CC(C(F)(F)F)(C1)C2. The van der Waals surface area contributed by atoms with Gasteiger partial charge in [-0.2, -0.15) is 13.2 Å². The van der Waals surface area contributed by atoms with Gasteiger partial charge in [0, 0.05) is 5.54 Å². The van der Waals surface area contributed by atoms with Crippen molar-refractivity contribution in [3.05, 3.63) is 47.0 Å². The number of anilines is 2. The van der Waals surface area contributed by atoms with Crippen LogP contribution < -0.4 is 20.3 Å². The minimum absolute atomic E-state index is 0.111. The number of nitrogens with one attached hydrogen (secondary N) is 2. The van der Waals surface area contributed by atoms with Gasteiger partial charge < -0.3 is 25.0 Å². The highest BCUT2D eigenvalue weighted by molar-refractivity contribution is 7.22. The molecule has 0 radical (unpaired) electrons. The molecular weight excluding hydrogens is 545 g/mol. The zero-order valence-corrected chi connectivity index (χ0v) is 22.7. The second-order valence-electron chi connectivity index (χ2n) is 11.5. The number of carbonyl (C=O) groups is 2. The molecule has 2 N–H and O–H groups in total. The van der Waals surface area contributed by atoms with Gasteiger partial charge in [-0.25, -0.2) is 4.98 Å². The van der Waals surface area contributed by atoms with E-state index in [2.05, 4.69) is 15.5 Å². The van der Waals surface area contributed by atoms with E-state index in [0.717, 1.165) is 17.1 Å². The van der Waals surface area contributed by atoms with Gasteiger partial charge in [0.1, 0.15) is 11.3 Å². The number of alkyl halides is 3. The van der Waals surface area contributed by atoms with E-state index in [9.17, 15) is 22.8 Å². The molecule has 3 aliphatic carbocycles. The summed E-state index contributed by atoms with van der Waals surface area (Å²) in [6.07, 6.45) is -3.54. The number of rotatable bonds is 6. The van der Waals surface area contributed by atoms with Crippen LogP contribution in [0.4, 0.5) is 24.0 Å². The zero-order chi connectivity index (χ0) is 28.0. The Morgan fingerprint density at radius 3 is 2.50 bits per heavy atom. The van der Waals surface area contributed by atoms with Crippen LogP contribution in [0, 0.1) is 12.3 Å². The normalized spacial score (nSPS) is 28.3. The number of aryl methyl sites for hydroxylation is 1. The van der Waals surface area contributed by atoms with E-state index in [-0.39, 0.29) is 42.6 Å². The van der Waals surface area contributed by atoms with Crippen molar-refractivity contribution in [1.82, 2.24) is 10.3 Å². The first-order valence-corrected chi connectivity index (χ1v) is 14.0. The quantitative estimate of drug-likeness (QED) is 0.429. The van der Waals surface area contributed by atoms with Gasteiger partial charge in [-0.1, -0.05) is 17.4 Å². The number of amides is 2. The summed E-state index contributed by atoms with van der Waals surface area (Å²) in [5.41, 5.74) is -0.259. The number of fused-ring (bicyclic) bond motifs is 3. The Hall–Kier alpha value is -3.38. The highest BCUT2D eigenvalue weighted by Gasteiger charge is 2.79. The molecule has 3 heterocycles. The molecule has 8 nitrogen and oxygen atoms in total. The Bertz CT molecular complexity index is 1540. The first kappa shape index (κ1) is 25.6. The van der Waals surface area contributed by atoms with Crippen LogP contribution in [0.1, 0.15) is 52.0 Å². The maximum atomic E-state index is 13.8. The molecule has 4 bridgehead atoms. The molecule has 210 valence electrons. The van der Waals surface area contributed by atoms with Gasteiger partial charge in [-0.05, 0) is 62.4 Å². The van der Waals surface area contributed by atoms with Crippen molar-refractivity contribution in [2.24, 2.45) is 5.41 Å². The number of nitrogens with zero attached hydrogens (tertiary/aromatic N) is 2. The van der Waals surface area contributed by atoms with Crippen LogP contribution in [0.25, 0.3) is 10.2 Å². The third-order valence-corrected chi connectivity index (χ3v) is 9.91. The van der Waals surface area contributed by atoms with E-state index in [1.54, 1.807) is 24.3 Å². The van der Waals surface area contributed by atoms with E-state index in [0.29, 0.717) is 34.7 Å². The van der Waals surface area contributed by atoms with E-state index in [4.69, 9.17) is 14.5 Å². The molecule has 12 heteroatoms. The van der Waals surface area contributed by atoms with Gasteiger partial charge in [-0.3, -0.25) is 9.59 Å². The molecule has 2 saturated heterocycles. The second kappa shape index (κ2) is 8.56. The summed E-state index contributed by atoms with van der Waals surface area (Å²) in [5.74, 6) is -0.606. The number of aromatic nitrogens is 1. The van der Waals surface area contributed by atoms with Crippen LogP contribution in [-0.2, 0) is 4.74 Å². The Morgan fingerprint density at radius 2 is 1.85 bits per heavy atom. The van der Waals surface area contributed by atoms with Crippen LogP contribution in [-0.4, -0.2) is 60.9 Å². The number of thiazole rings is 1. The lowest BCUT2D eigenvalue weighted by molar-refractivity contribution is -0.336. The molecule has 5 fully saturated rings. The number of carbonyl (C=O) groups excluding carboxylic acids is 2. The van der Waals surface area contributed by atoms with Gasteiger partial charge >= 0.3 is 6.18 Å². The topological polar surface area (TPSA) is 92.8 Å². The molecule has 8 rings (SSSR count). The van der Waals surface area contributed by atoms with Gasteiger partial charge in [0.25, 0.3) is 11.8 Å². The molecule has 2 aromatic carbocycles. The largest absolute Gasteiger partial charge is 0.496 e. The van der Waals surface area contributed by atoms with Crippen molar-refractivity contribution >= 4 is 44.2 Å². The Kier molecular flexibility index (Phi) is 5.47. The van der Waals surface area contributed by atoms with Gasteiger partial charge in [0.2, 0.25) is 0 Å². The monoisotopic (exact) mass is 572 g/mol. The van der Waals surface area contributed by atoms with Crippen LogP contribution in [0.2, 0.25) is 0 Å². The highest BCUT2D eigenvalue weighted by atomic mass is 32.1. The third kappa shape index (κ3) is 3.72. The lowest BCUT2D eigenvalue weighted by atomic mass is 9.39. The Labute approximate surface area is 231 Å². The summed E-state index contributed by atoms with van der Waals surface area (Å²) in [7, 11) is 1.49. The summed E-state index contributed by atoms with van der Waals surface area (Å²) in [5, 5.41) is 6.51. The smallest absolute Gasteiger partial charge is 0.394 e. The maximum absolute atomic E-state index is 13.8. The van der Waals surface area contributed by atoms with Gasteiger partial charge in [-0.15, -0.1) is 0 Å². The zero-order valence-electron chi connectivity index (χ0n) is 21.9. The molecule has 3 aromatic rings. The van der Waals surface area contributed by atoms with Crippen molar-refractivity contribution in [3.63, 3.8) is 0 Å². The number of benzene rings is 2. The predicted octanol–water partition coefficient (Wildman–Crippen LogP) is 5.06. The van der Waals surface area contributed by atoms with Gasteiger partial charge in [0.05, 0.1) is 59.3 Å². The predicted molar refractivity (Wildman–Crippen MR) is 143 cm³/mol. The number of morpholine rings is 1. The van der Waals surface area contributed by atoms with Crippen molar-refractivity contribution in [2.45, 2.75) is 56.4 Å². The first-order valence-electron chi connectivity index (χ1n) is 13.2. The average molecular weight is 573 g/mol. The van der Waals surface area contributed by atoms with Crippen LogP contribution in [0.3, 0.4) is 0 Å². The molecule has 2 aliphatic heterocycles. The summed E-state index contributed by atoms with van der Waals surface area (Å²) in [6, 6.07) is 9.06. The van der Waals surface area contributed by atoms with Crippen molar-refractivity contribution in [3.8, 4) is 5.75 Å². The molecule has 0 spiro atoms. The van der Waals surface area contributed by atoms with Crippen molar-refractivity contribution in [2.75, 3.05) is 30.5 Å². The van der Waals surface area contributed by atoms with E-state index >= 15 is 0 Å². The molecular formula is C28H27F3N4O4S. The lowest BCUT2D eigenvalue weighted by Gasteiger charge is -2.70. The Balaban J connectivity index is 1.16. The molecule has 2 amide bonds. The summed E-state index contributed by atoms with van der Waals surface area (Å²) < 4.78 is 51.7. The van der Waals surface area contributed by atoms with Crippen LogP contribution >= 0.6 is 11.3 Å². The van der Waals surface area contributed by atoms with Crippen LogP contribution in [0.5, 0.6) is 5.75 Å². The summed E-state index contributed by atoms with van der Waals surface area (Å²) in [4.78, 5) is 34.0. The molecule has 1 aromatic heterocycles. The molecule has 2 unspecified atom stereocenters. The number of ether oxygens (including phenoxy) is 2. The standard InChI is InChI=1S/C28H27F3N4O4S/c1-14-3-4-17(23(36)34-27-11-26(12-27,13-27)28(29,30)31)19(7-14)32-24(37)21-20(38-2)6-5-18-22(21)40-25(33-18)35-15-8-16(35)10-39-9-15/h3-7,15-16H,8-13H2,1-2H3,(H,32,37)(H,34,36). The first-order chi connectivity index (χ1) is 19.0. The molecule has 5 aliphatic rings. The lowest BCUT2D eigenvalue weighted by Crippen LogP contribution is -2.78. The molecule has 40 heavy (non-hydrogen) atoms. The molecule has 2 atom stereocenters. The number of methoxy groups -OCH3 is 1. The fourth-order valence-corrected chi connectivity index (χ4v) is 8.03. The minimum Gasteiger partial charge on any atom is -0.496 e. The fourth-order valence-electron chi connectivity index (χ4n) is 6.78. The highest BCUT2D eigenvalue weighted by Crippen LogP contribution is 2.73. The molecule has 3 saturated carbocycles. The number of halogens is 3. The van der Waals surface area contributed by atoms with E-state index in [1.165, 1.54) is 18.4 Å². The maximum Gasteiger partial charge on any atom is 0.394 e. The summed E-state index contributed by atoms with van der Waals surface area (Å²) in [6.45, 7) is 3.13. The fraction of sp³-hybridized carbons (Fsp3) is 0.464. The number of hydrogen-bond donors (Lipinski definition) is 2. The van der Waals surface area contributed by atoms with Crippen LogP contribution in [0.15, 0.2) is 30.3 Å². The third-order valence-electron chi connectivity index (χ3n) is 8.81. The second-order valence-corrected chi connectivity index (χ2v) is 12.5. The average Bonchev–Trinajstić information content (AvgIpc) is 3.27. The number of hydrogen-bond acceptors (Lipinski definition) is 7. The van der Waals surface area contributed by atoms with E-state index in [1.807, 2.05) is 13.0 Å². The Morgan fingerprint density at radius 1 is 1.12 bits per heavy atom. The van der Waals surface area contributed by atoms with Crippen molar-refractivity contribution in [1.29, 1.82) is 0 Å². The minimum atomic E-state index is -4.26. The van der Waals surface area contributed by atoms with Crippen molar-refractivity contribution < 1.29 is 32.2 Å². The van der Waals surface area contributed by atoms with Gasteiger partial charge in [0.15, 0.2) is 5.13 Å². The van der Waals surface area contributed by atoms with E-state index < -0.39 is 28.9 Å². The summed E-state index contributed by atoms with van der Waals surface area (Å²) >= 11 is 1.42.